The van der Waals surface area contributed by atoms with Crippen LogP contribution in [0.15, 0.2) is 24.4 Å². The molecule has 0 unspecified atom stereocenters. The Kier molecular flexibility index (Phi) is 4.44. The molecule has 1 aromatic heterocycles. The van der Waals surface area contributed by atoms with Crippen LogP contribution in [-0.4, -0.2) is 24.0 Å². The largest absolute Gasteiger partial charge is 0.317 e. The quantitative estimate of drug-likeness (QED) is 0.912. The van der Waals surface area contributed by atoms with E-state index in [4.69, 9.17) is 0 Å². The lowest BCUT2D eigenvalue weighted by atomic mass is 9.97. The first kappa shape index (κ1) is 15.1. The van der Waals surface area contributed by atoms with E-state index in [-0.39, 0.29) is 5.56 Å². The number of aromatic nitrogens is 1. The van der Waals surface area contributed by atoms with Gasteiger partial charge in [-0.15, -0.1) is 11.3 Å². The maximum atomic E-state index is 13.6. The van der Waals surface area contributed by atoms with Crippen LogP contribution in [0.2, 0.25) is 0 Å². The average Bonchev–Trinajstić information content (AvgIpc) is 2.99. The second-order valence-corrected chi connectivity index (χ2v) is 6.21. The molecule has 0 saturated carbocycles. The van der Waals surface area contributed by atoms with Gasteiger partial charge in [0.25, 0.3) is 5.91 Å². The van der Waals surface area contributed by atoms with E-state index in [1.165, 1.54) is 23.5 Å². The van der Waals surface area contributed by atoms with Gasteiger partial charge >= 0.3 is 0 Å². The molecule has 2 heterocycles. The van der Waals surface area contributed by atoms with Crippen molar-refractivity contribution in [2.24, 2.45) is 0 Å². The Morgan fingerprint density at radius 2 is 2.09 bits per heavy atom. The zero-order chi connectivity index (χ0) is 15.5. The number of amides is 1. The van der Waals surface area contributed by atoms with Crippen molar-refractivity contribution in [3.05, 3.63) is 46.5 Å². The Morgan fingerprint density at radius 3 is 2.86 bits per heavy atom. The Bertz CT molecular complexity index is 683. The van der Waals surface area contributed by atoms with E-state index < -0.39 is 17.5 Å². The maximum absolute atomic E-state index is 13.6. The topological polar surface area (TPSA) is 54.0 Å². The molecule has 0 atom stereocenters. The summed E-state index contributed by atoms with van der Waals surface area (Å²) in [7, 11) is 0. The van der Waals surface area contributed by atoms with E-state index in [9.17, 15) is 13.6 Å². The molecule has 1 aromatic carbocycles. The van der Waals surface area contributed by atoms with Gasteiger partial charge in [-0.1, -0.05) is 6.07 Å². The fourth-order valence-electron chi connectivity index (χ4n) is 2.48. The fourth-order valence-corrected chi connectivity index (χ4v) is 3.46. The minimum Gasteiger partial charge on any atom is -0.317 e. The number of thiazole rings is 1. The van der Waals surface area contributed by atoms with Crippen molar-refractivity contribution < 1.29 is 13.6 Å². The molecule has 22 heavy (non-hydrogen) atoms. The Hall–Kier alpha value is -1.86. The molecule has 1 amide bonds. The molecule has 3 rings (SSSR count). The summed E-state index contributed by atoms with van der Waals surface area (Å²) >= 11 is 1.39. The van der Waals surface area contributed by atoms with Crippen LogP contribution in [0.25, 0.3) is 0 Å². The minimum absolute atomic E-state index is 0.321. The van der Waals surface area contributed by atoms with Gasteiger partial charge in [0, 0.05) is 11.1 Å². The van der Waals surface area contributed by atoms with E-state index in [1.54, 1.807) is 6.20 Å². The summed E-state index contributed by atoms with van der Waals surface area (Å²) < 4.78 is 26.7. The van der Waals surface area contributed by atoms with Crippen molar-refractivity contribution in [1.82, 2.24) is 10.3 Å². The molecule has 1 saturated heterocycles. The summed E-state index contributed by atoms with van der Waals surface area (Å²) in [5, 5.41) is 6.23. The van der Waals surface area contributed by atoms with Gasteiger partial charge in [0.2, 0.25) is 0 Å². The number of nitrogens with one attached hydrogen (secondary N) is 2. The maximum Gasteiger partial charge on any atom is 0.260 e. The van der Waals surface area contributed by atoms with Crippen LogP contribution in [-0.2, 0) is 0 Å². The number of anilines is 1. The summed E-state index contributed by atoms with van der Waals surface area (Å²) in [6.07, 6.45) is 3.82. The molecule has 4 nitrogen and oxygen atoms in total. The van der Waals surface area contributed by atoms with Crippen LogP contribution in [0.5, 0.6) is 0 Å². The van der Waals surface area contributed by atoms with Crippen molar-refractivity contribution in [3.8, 4) is 0 Å². The Balaban J connectivity index is 1.72. The van der Waals surface area contributed by atoms with Crippen LogP contribution in [0.1, 0.15) is 34.0 Å². The zero-order valence-electron chi connectivity index (χ0n) is 11.7. The molecule has 2 aromatic rings. The third-order valence-electron chi connectivity index (χ3n) is 3.68. The molecule has 0 radical (unpaired) electrons. The highest BCUT2D eigenvalue weighted by Gasteiger charge is 2.20. The highest BCUT2D eigenvalue weighted by Crippen LogP contribution is 2.31. The monoisotopic (exact) mass is 323 g/mol. The molecular formula is C15H15F2N3OS. The number of nitrogens with zero attached hydrogens (tertiary/aromatic N) is 1. The predicted octanol–water partition coefficient (Wildman–Crippen LogP) is 3.14. The number of carbonyl (C=O) groups is 1. The van der Waals surface area contributed by atoms with Crippen molar-refractivity contribution in [3.63, 3.8) is 0 Å². The van der Waals surface area contributed by atoms with Crippen molar-refractivity contribution in [2.75, 3.05) is 18.4 Å². The Morgan fingerprint density at radius 1 is 1.32 bits per heavy atom. The van der Waals surface area contributed by atoms with E-state index in [0.29, 0.717) is 11.0 Å². The van der Waals surface area contributed by atoms with E-state index >= 15 is 0 Å². The van der Waals surface area contributed by atoms with Crippen LogP contribution in [0.4, 0.5) is 13.9 Å². The van der Waals surface area contributed by atoms with Gasteiger partial charge in [-0.25, -0.2) is 13.8 Å². The molecule has 0 spiro atoms. The molecule has 7 heteroatoms. The highest BCUT2D eigenvalue weighted by molar-refractivity contribution is 7.15. The number of piperidine rings is 1. The van der Waals surface area contributed by atoms with Gasteiger partial charge in [0.05, 0.1) is 5.56 Å². The molecule has 2 N–H and O–H groups in total. The standard InChI is InChI=1S/C15H15F2N3OS/c16-11-3-1-2-10(13(11)17)14(21)20-15-19-8-12(22-15)9-4-6-18-7-5-9/h1-3,8-9,18H,4-7H2,(H,19,20,21). The zero-order valence-corrected chi connectivity index (χ0v) is 12.6. The van der Waals surface area contributed by atoms with Gasteiger partial charge in [0.15, 0.2) is 16.8 Å². The van der Waals surface area contributed by atoms with Gasteiger partial charge in [0.1, 0.15) is 0 Å². The van der Waals surface area contributed by atoms with Crippen molar-refractivity contribution in [2.45, 2.75) is 18.8 Å². The number of rotatable bonds is 3. The summed E-state index contributed by atoms with van der Waals surface area (Å²) in [6.45, 7) is 1.94. The SMILES string of the molecule is O=C(Nc1ncc(C2CCNCC2)s1)c1cccc(F)c1F. The van der Waals surface area contributed by atoms with E-state index in [2.05, 4.69) is 15.6 Å². The first-order valence-electron chi connectivity index (χ1n) is 7.07. The predicted molar refractivity (Wildman–Crippen MR) is 81.3 cm³/mol. The highest BCUT2D eigenvalue weighted by atomic mass is 32.1. The molecular weight excluding hydrogens is 308 g/mol. The van der Waals surface area contributed by atoms with Crippen molar-refractivity contribution in [1.29, 1.82) is 0 Å². The smallest absolute Gasteiger partial charge is 0.260 e. The Labute approximate surface area is 130 Å². The lowest BCUT2D eigenvalue weighted by Gasteiger charge is -2.20. The molecule has 1 aliphatic rings. The lowest BCUT2D eigenvalue weighted by Crippen LogP contribution is -2.26. The van der Waals surface area contributed by atoms with Crippen molar-refractivity contribution >= 4 is 22.4 Å². The summed E-state index contributed by atoms with van der Waals surface area (Å²) in [5.41, 5.74) is -0.321. The average molecular weight is 323 g/mol. The molecule has 1 aliphatic heterocycles. The van der Waals surface area contributed by atoms with Gasteiger partial charge in [-0.05, 0) is 44.0 Å². The number of hydrogen-bond donors (Lipinski definition) is 2. The second kappa shape index (κ2) is 6.50. The van der Waals surface area contributed by atoms with Crippen LogP contribution in [0, 0.1) is 11.6 Å². The van der Waals surface area contributed by atoms with Gasteiger partial charge in [-0.2, -0.15) is 0 Å². The number of halogens is 2. The van der Waals surface area contributed by atoms with E-state index in [0.717, 1.165) is 36.9 Å². The van der Waals surface area contributed by atoms with Crippen LogP contribution in [0.3, 0.4) is 0 Å². The number of benzene rings is 1. The molecule has 1 fully saturated rings. The minimum atomic E-state index is -1.14. The lowest BCUT2D eigenvalue weighted by molar-refractivity contribution is 0.102. The van der Waals surface area contributed by atoms with E-state index in [1.807, 2.05) is 0 Å². The van der Waals surface area contributed by atoms with Crippen LogP contribution >= 0.6 is 11.3 Å². The summed E-state index contributed by atoms with van der Waals surface area (Å²) in [5.74, 6) is -2.43. The first-order valence-corrected chi connectivity index (χ1v) is 7.88. The summed E-state index contributed by atoms with van der Waals surface area (Å²) in [6, 6.07) is 3.52. The van der Waals surface area contributed by atoms with Gasteiger partial charge < -0.3 is 5.32 Å². The first-order chi connectivity index (χ1) is 10.6. The third kappa shape index (κ3) is 3.15. The molecule has 0 aliphatic carbocycles. The third-order valence-corrected chi connectivity index (χ3v) is 4.76. The number of hydrogen-bond acceptors (Lipinski definition) is 4. The van der Waals surface area contributed by atoms with Gasteiger partial charge in [-0.3, -0.25) is 10.1 Å². The summed E-state index contributed by atoms with van der Waals surface area (Å²) in [4.78, 5) is 17.3. The number of carbonyl (C=O) groups excluding carboxylic acids is 1. The normalized spacial score (nSPS) is 15.7. The molecule has 116 valence electrons. The van der Waals surface area contributed by atoms with Crippen LogP contribution < -0.4 is 10.6 Å². The second-order valence-electron chi connectivity index (χ2n) is 5.15. The fraction of sp³-hybridized carbons (Fsp3) is 0.333. The molecule has 0 bridgehead atoms.